The van der Waals surface area contributed by atoms with Gasteiger partial charge in [-0.15, -0.1) is 0 Å². The Morgan fingerprint density at radius 2 is 0.432 bits per heavy atom. The fourth-order valence-corrected chi connectivity index (χ4v) is 20.7. The van der Waals surface area contributed by atoms with Crippen molar-refractivity contribution < 1.29 is 93.8 Å². The average Bonchev–Trinajstić information content (AvgIpc) is 0.762. The summed E-state index contributed by atoms with van der Waals surface area (Å²) in [7, 11) is 0. The molecular weight excluding hydrogens is 2060 g/mol. The number of hydrogen-bond acceptors (Lipinski definition) is 16. The third kappa shape index (κ3) is 28.7. The number of benzene rings is 12. The molecule has 4 heterocycles. The molecule has 0 aromatic heterocycles. The summed E-state index contributed by atoms with van der Waals surface area (Å²) in [4.78, 5) is 109. The maximum absolute atomic E-state index is 14.0. The van der Waals surface area contributed by atoms with E-state index in [9.17, 15) is 55.9 Å². The van der Waals surface area contributed by atoms with E-state index in [1.807, 2.05) is 152 Å². The molecule has 0 spiro atoms. The van der Waals surface area contributed by atoms with E-state index in [-0.39, 0.29) is 72.6 Å². The van der Waals surface area contributed by atoms with Crippen LogP contribution in [0.5, 0.6) is 0 Å². The first kappa shape index (κ1) is 113. The first-order chi connectivity index (χ1) is 71.3. The van der Waals surface area contributed by atoms with Gasteiger partial charge in [-0.3, -0.25) is 58.0 Å². The zero-order chi connectivity index (χ0) is 106. The molecule has 0 aliphatic carbocycles. The average molecular weight is 2180 g/mol. The van der Waals surface area contributed by atoms with Gasteiger partial charge in [-0.1, -0.05) is 268 Å². The van der Waals surface area contributed by atoms with E-state index in [4.69, 9.17) is 131 Å². The van der Waals surface area contributed by atoms with Gasteiger partial charge in [0, 0.05) is 91.5 Å². The number of morpholine rings is 4. The zero-order valence-electron chi connectivity index (χ0n) is 82.3. The fraction of sp³-hybridized carbons (Fsp3) is 0.310. The van der Waals surface area contributed by atoms with Gasteiger partial charge in [-0.25, -0.2) is 17.6 Å². The van der Waals surface area contributed by atoms with Crippen LogP contribution >= 0.6 is 92.8 Å². The second-order valence-electron chi connectivity index (χ2n) is 36.4. The van der Waals surface area contributed by atoms with Crippen molar-refractivity contribution in [2.24, 2.45) is 0 Å². The molecule has 4 aliphatic rings. The van der Waals surface area contributed by atoms with Crippen LogP contribution < -0.4 is 0 Å². The van der Waals surface area contributed by atoms with Crippen LogP contribution in [0.1, 0.15) is 217 Å². The number of halogens is 12. The van der Waals surface area contributed by atoms with Gasteiger partial charge in [0.1, 0.15) is 72.1 Å². The Morgan fingerprint density at radius 1 is 0.264 bits per heavy atom. The summed E-state index contributed by atoms with van der Waals surface area (Å²) in [6, 6.07) is 72.4. The summed E-state index contributed by atoms with van der Waals surface area (Å²) in [5, 5.41) is 4.57. The number of carbonyl (C=O) groups is 8. The molecule has 0 unspecified atom stereocenters. The Balaban J connectivity index is 0.000000165. The van der Waals surface area contributed by atoms with Gasteiger partial charge >= 0.3 is 0 Å². The first-order valence-corrected chi connectivity index (χ1v) is 51.6. The summed E-state index contributed by atoms with van der Waals surface area (Å²) in [5.41, 5.74) is 13.1. The van der Waals surface area contributed by atoms with Gasteiger partial charge in [-0.2, -0.15) is 0 Å². The molecule has 4 amide bonds. The van der Waals surface area contributed by atoms with Crippen LogP contribution in [0.25, 0.3) is 0 Å². The Labute approximate surface area is 898 Å². The number of rotatable bonds is 36. The highest BCUT2D eigenvalue weighted by Crippen LogP contribution is 2.52. The molecule has 12 aromatic rings. The van der Waals surface area contributed by atoms with Crippen LogP contribution in [0, 0.1) is 51.0 Å². The molecule has 776 valence electrons. The molecule has 16 atom stereocenters. The number of aryl methyl sites for hydroxylation is 4. The quantitative estimate of drug-likeness (QED) is 0.0202. The van der Waals surface area contributed by atoms with Crippen molar-refractivity contribution in [3.8, 4) is 0 Å². The number of amides is 4. The van der Waals surface area contributed by atoms with E-state index in [1.54, 1.807) is 141 Å². The Morgan fingerprint density at radius 3 is 0.588 bits per heavy atom. The van der Waals surface area contributed by atoms with Crippen molar-refractivity contribution in [3.05, 3.63) is 419 Å². The number of carbonyl (C=O) groups excluding carboxylic acids is 8. The fourth-order valence-electron chi connectivity index (χ4n) is 19.3. The molecular formula is C116H112Cl8F4N4O16. The lowest BCUT2D eigenvalue weighted by Crippen LogP contribution is -2.56. The Kier molecular flexibility index (Phi) is 41.5. The smallest absolute Gasteiger partial charge is 0.295 e. The first-order valence-electron chi connectivity index (χ1n) is 48.6. The molecule has 4 saturated heterocycles. The molecule has 148 heavy (non-hydrogen) atoms. The van der Waals surface area contributed by atoms with Gasteiger partial charge in [0.2, 0.25) is 0 Å². The molecule has 0 radical (unpaired) electrons. The van der Waals surface area contributed by atoms with E-state index in [0.717, 1.165) is 89.0 Å². The molecule has 0 saturated carbocycles. The van der Waals surface area contributed by atoms with Crippen LogP contribution in [-0.4, -0.2) is 118 Å². The van der Waals surface area contributed by atoms with Crippen molar-refractivity contribution in [3.63, 3.8) is 0 Å². The van der Waals surface area contributed by atoms with Crippen molar-refractivity contribution >= 4 is 142 Å². The molecule has 0 bridgehead atoms. The molecule has 4 fully saturated rings. The number of nitrogens with zero attached hydrogens (tertiary/aromatic N) is 4. The summed E-state index contributed by atoms with van der Waals surface area (Å²) in [6.45, 7) is 17.1. The summed E-state index contributed by atoms with van der Waals surface area (Å²) in [5.74, 6) is -2.69. The normalized spacial score (nSPS) is 20.5. The van der Waals surface area contributed by atoms with Gasteiger partial charge in [0.15, 0.2) is 24.9 Å². The van der Waals surface area contributed by atoms with Gasteiger partial charge < -0.3 is 37.9 Å². The Hall–Kier alpha value is -11.7. The maximum atomic E-state index is 14.0. The minimum absolute atomic E-state index is 0.228. The molecule has 32 heteroatoms. The lowest BCUT2D eigenvalue weighted by Gasteiger charge is -2.47. The molecule has 20 nitrogen and oxygen atoms in total. The second-order valence-corrected chi connectivity index (χ2v) is 39.9. The van der Waals surface area contributed by atoms with E-state index in [0.29, 0.717) is 117 Å². The number of hydrogen-bond donors (Lipinski definition) is 0. The van der Waals surface area contributed by atoms with E-state index in [1.165, 1.54) is 48.5 Å². The highest BCUT2D eigenvalue weighted by Gasteiger charge is 2.53. The highest BCUT2D eigenvalue weighted by atomic mass is 35.5. The summed E-state index contributed by atoms with van der Waals surface area (Å²) < 4.78 is 102. The van der Waals surface area contributed by atoms with E-state index < -0.39 is 97.9 Å². The lowest BCUT2D eigenvalue weighted by molar-refractivity contribution is -0.199. The van der Waals surface area contributed by atoms with Crippen molar-refractivity contribution in [1.29, 1.82) is 0 Å². The monoisotopic (exact) mass is 2170 g/mol. The topological polar surface area (TPSA) is 223 Å². The summed E-state index contributed by atoms with van der Waals surface area (Å²) in [6.07, 6.45) is -3.70. The molecule has 12 aromatic carbocycles. The Bertz CT molecular complexity index is 5720. The number of ether oxygens (including phenoxy) is 8. The lowest BCUT2D eigenvalue weighted by atomic mass is 9.88. The highest BCUT2D eigenvalue weighted by molar-refractivity contribution is 6.32. The van der Waals surface area contributed by atoms with E-state index in [2.05, 4.69) is 0 Å². The van der Waals surface area contributed by atoms with E-state index >= 15 is 0 Å². The van der Waals surface area contributed by atoms with Crippen LogP contribution in [-0.2, 0) is 102 Å². The largest absolute Gasteiger partial charge is 0.444 e. The van der Waals surface area contributed by atoms with Crippen molar-refractivity contribution in [1.82, 2.24) is 19.6 Å². The minimum Gasteiger partial charge on any atom is -0.444 e. The van der Waals surface area contributed by atoms with Gasteiger partial charge in [0.05, 0.1) is 24.2 Å². The minimum atomic E-state index is -0.885. The molecule has 16 rings (SSSR count). The van der Waals surface area contributed by atoms with Crippen LogP contribution in [0.4, 0.5) is 17.6 Å². The summed E-state index contributed by atoms with van der Waals surface area (Å²) >= 11 is 49.7. The zero-order valence-corrected chi connectivity index (χ0v) is 88.3. The van der Waals surface area contributed by atoms with Crippen LogP contribution in [0.2, 0.25) is 40.2 Å². The van der Waals surface area contributed by atoms with Crippen molar-refractivity contribution in [2.45, 2.75) is 230 Å². The third-order valence-electron chi connectivity index (χ3n) is 26.3. The second kappa shape index (κ2) is 54.1. The third-order valence-corrected chi connectivity index (χ3v) is 28.2. The van der Waals surface area contributed by atoms with Crippen LogP contribution in [0.3, 0.4) is 0 Å². The standard InChI is InChI=1S/4C29H28Cl2FNO4/c4*1-3-4-26(36-17-34)33-27(20-7-9-21(30)10-8-20)28(24-14-11-22(31)15-18(24)2)37-25(29(33)35)16-19-5-12-23(32)13-6-19/h4*5-15,17,25-28H,3-4,16H2,1-2H3/t2*25-,26+,27+,28-;2*25-,26-,27+,28-/m1010/s1. The van der Waals surface area contributed by atoms with Crippen LogP contribution in [0.15, 0.2) is 267 Å². The maximum Gasteiger partial charge on any atom is 0.295 e. The van der Waals surface area contributed by atoms with Crippen molar-refractivity contribution in [2.75, 3.05) is 0 Å². The predicted octanol–water partition coefficient (Wildman–Crippen LogP) is 28.0. The SMILES string of the molecule is CCC[C@@H](OC=O)N1C(=O)[C@@H](Cc2ccc(F)cc2)O[C@H](c2ccc(Cl)cc2C)[C@@H]1c1ccc(Cl)cc1.CCC[C@@H](OC=O)N1C(=O)[C@H](Cc2ccc(F)cc2)O[C@@H](c2ccc(Cl)cc2C)[C@H]1c1ccc(Cl)cc1.CCC[C@H](OC=O)N1C(=O)[C@@H](Cc2ccc(F)cc2)O[C@H](c2ccc(Cl)cc2C)[C@@H]1c1ccc(Cl)cc1.CCC[C@H](OC=O)N1C(=O)[C@H](Cc2ccc(F)cc2)O[C@@H](c2ccc(Cl)cc2C)[C@H]1c1ccc(Cl)cc1. The van der Waals surface area contributed by atoms with Gasteiger partial charge in [0.25, 0.3) is 49.5 Å². The predicted molar refractivity (Wildman–Crippen MR) is 563 cm³/mol. The molecule has 0 N–H and O–H groups in total. The van der Waals surface area contributed by atoms with Gasteiger partial charge in [-0.05, 0) is 262 Å². The molecule has 4 aliphatic heterocycles.